The number of nitrogens with one attached hydrogen (secondary N) is 2. The number of carbonyl (C=O) groups excluding carboxylic acids is 2. The fraction of sp³-hybridized carbons (Fsp3) is 0.556. The zero-order valence-corrected chi connectivity index (χ0v) is 14.7. The molecular formula is C18H22F3N3O3. The van der Waals surface area contributed by atoms with E-state index >= 15 is 0 Å². The number of ether oxygens (including phenoxy) is 1. The van der Waals surface area contributed by atoms with Gasteiger partial charge >= 0.3 is 6.36 Å². The highest BCUT2D eigenvalue weighted by Crippen LogP contribution is 2.23. The number of nitrogens with zero attached hydrogens (tertiary/aromatic N) is 1. The van der Waals surface area contributed by atoms with E-state index in [1.54, 1.807) is 0 Å². The van der Waals surface area contributed by atoms with Gasteiger partial charge in [0.05, 0.1) is 6.04 Å². The van der Waals surface area contributed by atoms with E-state index in [0.29, 0.717) is 19.5 Å². The van der Waals surface area contributed by atoms with E-state index in [-0.39, 0.29) is 23.4 Å². The van der Waals surface area contributed by atoms with Crippen LogP contribution in [0.15, 0.2) is 24.3 Å². The summed E-state index contributed by atoms with van der Waals surface area (Å²) < 4.78 is 40.7. The number of carbonyl (C=O) groups is 2. The second-order valence-corrected chi connectivity index (χ2v) is 6.88. The Morgan fingerprint density at radius 1 is 1.26 bits per heavy atom. The largest absolute Gasteiger partial charge is 0.573 e. The Labute approximate surface area is 155 Å². The molecule has 1 aromatic carbocycles. The zero-order valence-electron chi connectivity index (χ0n) is 14.7. The summed E-state index contributed by atoms with van der Waals surface area (Å²) in [6.07, 6.45) is -2.10. The molecule has 2 unspecified atom stereocenters. The van der Waals surface area contributed by atoms with Crippen LogP contribution < -0.4 is 15.4 Å². The van der Waals surface area contributed by atoms with Gasteiger partial charge in [-0.1, -0.05) is 6.07 Å². The first-order valence-corrected chi connectivity index (χ1v) is 8.98. The number of halogens is 3. The Bertz CT molecular complexity index is 690. The van der Waals surface area contributed by atoms with E-state index in [2.05, 4.69) is 15.4 Å². The first-order chi connectivity index (χ1) is 12.8. The minimum absolute atomic E-state index is 0.0902. The normalized spacial score (nSPS) is 22.7. The lowest BCUT2D eigenvalue weighted by Gasteiger charge is -2.20. The number of hydrogen-bond acceptors (Lipinski definition) is 4. The summed E-state index contributed by atoms with van der Waals surface area (Å²) in [6, 6.07) is 4.71. The summed E-state index contributed by atoms with van der Waals surface area (Å²) >= 11 is 0. The molecule has 2 amide bonds. The van der Waals surface area contributed by atoms with Gasteiger partial charge in [0.25, 0.3) is 5.91 Å². The summed E-state index contributed by atoms with van der Waals surface area (Å²) in [7, 11) is 0. The van der Waals surface area contributed by atoms with Crippen molar-refractivity contribution in [2.45, 2.75) is 31.7 Å². The average Bonchev–Trinajstić information content (AvgIpc) is 3.29. The van der Waals surface area contributed by atoms with Gasteiger partial charge in [-0.3, -0.25) is 9.59 Å². The van der Waals surface area contributed by atoms with Crippen LogP contribution in [0.3, 0.4) is 0 Å². The van der Waals surface area contributed by atoms with Crippen molar-refractivity contribution >= 4 is 11.8 Å². The van der Waals surface area contributed by atoms with Crippen LogP contribution in [0, 0.1) is 5.92 Å². The van der Waals surface area contributed by atoms with Crippen molar-refractivity contribution in [2.75, 3.05) is 26.2 Å². The topological polar surface area (TPSA) is 70.7 Å². The van der Waals surface area contributed by atoms with Crippen LogP contribution in [0.1, 0.15) is 29.6 Å². The Morgan fingerprint density at radius 3 is 2.70 bits per heavy atom. The van der Waals surface area contributed by atoms with Crippen LogP contribution in [0.25, 0.3) is 0 Å². The molecule has 0 saturated carbocycles. The molecule has 2 aliphatic rings. The van der Waals surface area contributed by atoms with E-state index in [9.17, 15) is 22.8 Å². The second kappa shape index (κ2) is 8.16. The van der Waals surface area contributed by atoms with Crippen molar-refractivity contribution in [2.24, 2.45) is 5.92 Å². The van der Waals surface area contributed by atoms with E-state index in [4.69, 9.17) is 0 Å². The summed E-state index contributed by atoms with van der Waals surface area (Å²) in [6.45, 7) is 2.56. The highest BCUT2D eigenvalue weighted by Gasteiger charge is 2.33. The molecule has 0 aromatic heterocycles. The van der Waals surface area contributed by atoms with Gasteiger partial charge < -0.3 is 20.3 Å². The molecule has 2 saturated heterocycles. The molecule has 2 fully saturated rings. The number of amides is 2. The van der Waals surface area contributed by atoms with Gasteiger partial charge in [0.1, 0.15) is 5.75 Å². The molecule has 3 rings (SSSR count). The number of likely N-dealkylation sites (tertiary alicyclic amines) is 1. The number of alkyl halides is 3. The maximum atomic E-state index is 12.4. The smallest absolute Gasteiger partial charge is 0.406 e. The summed E-state index contributed by atoms with van der Waals surface area (Å²) in [4.78, 5) is 26.4. The summed E-state index contributed by atoms with van der Waals surface area (Å²) in [5.41, 5.74) is 0.0902. The molecule has 0 aliphatic carbocycles. The molecule has 0 spiro atoms. The van der Waals surface area contributed by atoms with Gasteiger partial charge in [0, 0.05) is 31.7 Å². The fourth-order valence-corrected chi connectivity index (χ4v) is 3.48. The van der Waals surface area contributed by atoms with Crippen molar-refractivity contribution in [1.29, 1.82) is 0 Å². The molecule has 2 heterocycles. The third-order valence-corrected chi connectivity index (χ3v) is 4.82. The van der Waals surface area contributed by atoms with E-state index < -0.39 is 18.0 Å². The minimum Gasteiger partial charge on any atom is -0.406 e. The number of rotatable bonds is 5. The predicted molar refractivity (Wildman–Crippen MR) is 91.2 cm³/mol. The monoisotopic (exact) mass is 385 g/mol. The lowest BCUT2D eigenvalue weighted by Crippen LogP contribution is -2.42. The van der Waals surface area contributed by atoms with Crippen LogP contribution in [-0.4, -0.2) is 55.3 Å². The van der Waals surface area contributed by atoms with Crippen LogP contribution >= 0.6 is 0 Å². The maximum Gasteiger partial charge on any atom is 0.573 e. The number of benzene rings is 1. The molecule has 0 radical (unpaired) electrons. The molecule has 0 bridgehead atoms. The van der Waals surface area contributed by atoms with E-state index in [1.807, 2.05) is 4.90 Å². The third kappa shape index (κ3) is 5.35. The van der Waals surface area contributed by atoms with Crippen LogP contribution in [0.5, 0.6) is 5.75 Å². The van der Waals surface area contributed by atoms with E-state index in [1.165, 1.54) is 12.1 Å². The zero-order chi connectivity index (χ0) is 19.4. The van der Waals surface area contributed by atoms with E-state index in [0.717, 1.165) is 38.1 Å². The van der Waals surface area contributed by atoms with Gasteiger partial charge in [-0.2, -0.15) is 0 Å². The summed E-state index contributed by atoms with van der Waals surface area (Å²) in [5, 5.41) is 5.91. The lowest BCUT2D eigenvalue weighted by molar-refractivity contribution is -0.274. The third-order valence-electron chi connectivity index (χ3n) is 4.82. The molecule has 9 heteroatoms. The fourth-order valence-electron chi connectivity index (χ4n) is 3.48. The Balaban J connectivity index is 1.48. The predicted octanol–water partition coefficient (Wildman–Crippen LogP) is 1.92. The molecule has 148 valence electrons. The van der Waals surface area contributed by atoms with Crippen LogP contribution in [-0.2, 0) is 4.79 Å². The highest BCUT2D eigenvalue weighted by atomic mass is 19.4. The van der Waals surface area contributed by atoms with Crippen molar-refractivity contribution in [3.05, 3.63) is 29.8 Å². The molecule has 1 aromatic rings. The van der Waals surface area contributed by atoms with Crippen LogP contribution in [0.2, 0.25) is 0 Å². The average molecular weight is 385 g/mol. The Hall–Kier alpha value is -2.29. The number of hydrogen-bond donors (Lipinski definition) is 2. The van der Waals surface area contributed by atoms with Gasteiger partial charge in [0.2, 0.25) is 5.91 Å². The first-order valence-electron chi connectivity index (χ1n) is 8.98. The molecule has 2 aliphatic heterocycles. The van der Waals surface area contributed by atoms with Gasteiger partial charge in [-0.25, -0.2) is 0 Å². The quantitative estimate of drug-likeness (QED) is 0.813. The molecule has 2 atom stereocenters. The molecule has 6 nitrogen and oxygen atoms in total. The van der Waals surface area contributed by atoms with Crippen molar-refractivity contribution in [3.63, 3.8) is 0 Å². The Kier molecular flexibility index (Phi) is 5.88. The standard InChI is InChI=1S/C18H22F3N3O3/c19-18(20,21)27-14-5-3-4-13(9-14)16(25)23-11-12-8-15(22-10-12)17(26)24-6-1-2-7-24/h3-5,9,12,15,22H,1-2,6-8,10-11H2,(H,23,25). The minimum atomic E-state index is -4.80. The van der Waals surface area contributed by atoms with Crippen molar-refractivity contribution in [1.82, 2.24) is 15.5 Å². The second-order valence-electron chi connectivity index (χ2n) is 6.88. The van der Waals surface area contributed by atoms with Gasteiger partial charge in [-0.15, -0.1) is 13.2 Å². The van der Waals surface area contributed by atoms with Crippen molar-refractivity contribution in [3.8, 4) is 5.75 Å². The Morgan fingerprint density at radius 2 is 2.00 bits per heavy atom. The SMILES string of the molecule is O=C(NCC1CNC(C(=O)N2CCCC2)C1)c1cccc(OC(F)(F)F)c1. The molecule has 2 N–H and O–H groups in total. The van der Waals surface area contributed by atoms with Crippen molar-refractivity contribution < 1.29 is 27.5 Å². The molecule has 27 heavy (non-hydrogen) atoms. The maximum absolute atomic E-state index is 12.4. The van der Waals surface area contributed by atoms with Crippen LogP contribution in [0.4, 0.5) is 13.2 Å². The lowest BCUT2D eigenvalue weighted by atomic mass is 10.0. The molecular weight excluding hydrogens is 363 g/mol. The first kappa shape index (κ1) is 19.5. The van der Waals surface area contributed by atoms with Gasteiger partial charge in [0.15, 0.2) is 0 Å². The summed E-state index contributed by atoms with van der Waals surface area (Å²) in [5.74, 6) is -0.704. The highest BCUT2D eigenvalue weighted by molar-refractivity contribution is 5.94. The van der Waals surface area contributed by atoms with Gasteiger partial charge in [-0.05, 0) is 43.4 Å².